The topological polar surface area (TPSA) is 21.3 Å². The highest BCUT2D eigenvalue weighted by Crippen LogP contribution is 2.24. The predicted octanol–water partition coefficient (Wildman–Crippen LogP) is 3.44. The van der Waals surface area contributed by atoms with Crippen LogP contribution in [0.3, 0.4) is 0 Å². The van der Waals surface area contributed by atoms with Crippen LogP contribution in [0.4, 0.5) is 0 Å². The number of halogens is 1. The van der Waals surface area contributed by atoms with Gasteiger partial charge in [0.05, 0.1) is 0 Å². The molecular formula is C13H20BrNO. The molecule has 0 amide bonds. The van der Waals surface area contributed by atoms with Crippen LogP contribution < -0.4 is 5.32 Å². The fraction of sp³-hybridized carbons (Fsp3) is 0.538. The Kier molecular flexibility index (Phi) is 6.03. The predicted molar refractivity (Wildman–Crippen MR) is 71.8 cm³/mol. The third-order valence-electron chi connectivity index (χ3n) is 2.79. The third-order valence-corrected chi connectivity index (χ3v) is 3.64. The molecule has 0 radical (unpaired) electrons. The molecule has 1 aromatic carbocycles. The molecule has 1 rings (SSSR count). The maximum absolute atomic E-state index is 5.08. The number of aryl methyl sites for hydroxylation is 1. The first-order chi connectivity index (χ1) is 7.69. The fourth-order valence-electron chi connectivity index (χ4n) is 1.74. The van der Waals surface area contributed by atoms with Crippen LogP contribution in [0.5, 0.6) is 0 Å². The van der Waals surface area contributed by atoms with Crippen LogP contribution in [0.25, 0.3) is 0 Å². The molecule has 0 bridgehead atoms. The first-order valence-electron chi connectivity index (χ1n) is 5.61. The zero-order valence-corrected chi connectivity index (χ0v) is 11.8. The maximum Gasteiger partial charge on any atom is 0.0462 e. The van der Waals surface area contributed by atoms with Gasteiger partial charge in [-0.3, -0.25) is 0 Å². The number of hydrogen-bond donors (Lipinski definition) is 1. The Hall–Kier alpha value is -0.380. The summed E-state index contributed by atoms with van der Waals surface area (Å²) in [5.74, 6) is 0. The Balaban J connectivity index is 2.67. The molecule has 0 fully saturated rings. The van der Waals surface area contributed by atoms with Crippen molar-refractivity contribution in [2.24, 2.45) is 0 Å². The number of methoxy groups -OCH3 is 1. The number of hydrogen-bond acceptors (Lipinski definition) is 2. The van der Waals surface area contributed by atoms with Gasteiger partial charge in [-0.2, -0.15) is 0 Å². The summed E-state index contributed by atoms with van der Waals surface area (Å²) in [6, 6.07) is 6.95. The van der Waals surface area contributed by atoms with E-state index < -0.39 is 0 Å². The molecule has 0 aliphatic carbocycles. The molecule has 0 spiro atoms. The Morgan fingerprint density at radius 2 is 2.19 bits per heavy atom. The summed E-state index contributed by atoms with van der Waals surface area (Å²) in [6.45, 7) is 2.93. The molecule has 1 aromatic rings. The minimum absolute atomic E-state index is 0.409. The van der Waals surface area contributed by atoms with E-state index >= 15 is 0 Å². The fourth-order valence-corrected chi connectivity index (χ4v) is 2.13. The van der Waals surface area contributed by atoms with E-state index in [4.69, 9.17) is 4.74 Å². The van der Waals surface area contributed by atoms with E-state index in [2.05, 4.69) is 46.4 Å². The van der Waals surface area contributed by atoms with Crippen LogP contribution in [-0.2, 0) is 4.74 Å². The van der Waals surface area contributed by atoms with Gasteiger partial charge in [-0.1, -0.05) is 28.1 Å². The van der Waals surface area contributed by atoms with Crippen molar-refractivity contribution in [2.45, 2.75) is 25.8 Å². The second-order valence-electron chi connectivity index (χ2n) is 3.98. The zero-order chi connectivity index (χ0) is 12.0. The van der Waals surface area contributed by atoms with Crippen LogP contribution >= 0.6 is 15.9 Å². The summed E-state index contributed by atoms with van der Waals surface area (Å²) in [5.41, 5.74) is 2.60. The van der Waals surface area contributed by atoms with Gasteiger partial charge in [-0.25, -0.2) is 0 Å². The summed E-state index contributed by atoms with van der Waals surface area (Å²) in [5, 5.41) is 3.35. The standard InChI is InChI=1S/C13H20BrNO/c1-10-6-7-11(9-12(10)14)13(15-2)5-4-8-16-3/h6-7,9,13,15H,4-5,8H2,1-3H3. The lowest BCUT2D eigenvalue weighted by molar-refractivity contribution is 0.189. The highest BCUT2D eigenvalue weighted by molar-refractivity contribution is 9.10. The summed E-state index contributed by atoms with van der Waals surface area (Å²) in [4.78, 5) is 0. The molecule has 16 heavy (non-hydrogen) atoms. The molecule has 0 saturated heterocycles. The number of rotatable bonds is 6. The molecule has 0 aromatic heterocycles. The van der Waals surface area contributed by atoms with Crippen molar-refractivity contribution >= 4 is 15.9 Å². The van der Waals surface area contributed by atoms with Crippen LogP contribution in [0.1, 0.15) is 30.0 Å². The lowest BCUT2D eigenvalue weighted by Gasteiger charge is -2.17. The van der Waals surface area contributed by atoms with Gasteiger partial charge in [-0.05, 0) is 44.0 Å². The molecule has 1 unspecified atom stereocenters. The van der Waals surface area contributed by atoms with E-state index in [0.29, 0.717) is 6.04 Å². The molecule has 3 heteroatoms. The molecule has 0 heterocycles. The van der Waals surface area contributed by atoms with Crippen molar-refractivity contribution in [1.29, 1.82) is 0 Å². The van der Waals surface area contributed by atoms with Crippen molar-refractivity contribution in [3.8, 4) is 0 Å². The first-order valence-corrected chi connectivity index (χ1v) is 6.40. The highest BCUT2D eigenvalue weighted by atomic mass is 79.9. The molecule has 0 aliphatic heterocycles. The smallest absolute Gasteiger partial charge is 0.0462 e. The Morgan fingerprint density at radius 1 is 1.44 bits per heavy atom. The van der Waals surface area contributed by atoms with E-state index in [1.54, 1.807) is 7.11 Å². The number of benzene rings is 1. The second kappa shape index (κ2) is 7.05. The Labute approximate surface area is 107 Å². The van der Waals surface area contributed by atoms with Gasteiger partial charge >= 0.3 is 0 Å². The SMILES string of the molecule is CNC(CCCOC)c1ccc(C)c(Br)c1. The van der Waals surface area contributed by atoms with Crippen molar-refractivity contribution in [3.63, 3.8) is 0 Å². The third kappa shape index (κ3) is 3.89. The van der Waals surface area contributed by atoms with Crippen LogP contribution in [-0.4, -0.2) is 20.8 Å². The van der Waals surface area contributed by atoms with Gasteiger partial charge in [-0.15, -0.1) is 0 Å². The molecule has 0 saturated carbocycles. The van der Waals surface area contributed by atoms with Crippen LogP contribution in [0.2, 0.25) is 0 Å². The van der Waals surface area contributed by atoms with E-state index in [-0.39, 0.29) is 0 Å². The van der Waals surface area contributed by atoms with Crippen molar-refractivity contribution in [3.05, 3.63) is 33.8 Å². The average molecular weight is 286 g/mol. The minimum atomic E-state index is 0.409. The number of nitrogens with one attached hydrogen (secondary N) is 1. The number of ether oxygens (including phenoxy) is 1. The van der Waals surface area contributed by atoms with Crippen LogP contribution in [0, 0.1) is 6.92 Å². The maximum atomic E-state index is 5.08. The molecule has 0 aliphatic rings. The summed E-state index contributed by atoms with van der Waals surface area (Å²) >= 11 is 3.57. The summed E-state index contributed by atoms with van der Waals surface area (Å²) in [7, 11) is 3.75. The average Bonchev–Trinajstić information content (AvgIpc) is 2.29. The Bertz CT molecular complexity index is 328. The van der Waals surface area contributed by atoms with Gasteiger partial charge < -0.3 is 10.1 Å². The zero-order valence-electron chi connectivity index (χ0n) is 10.2. The minimum Gasteiger partial charge on any atom is -0.385 e. The van der Waals surface area contributed by atoms with Gasteiger partial charge in [0.25, 0.3) is 0 Å². The largest absolute Gasteiger partial charge is 0.385 e. The highest BCUT2D eigenvalue weighted by Gasteiger charge is 2.09. The van der Waals surface area contributed by atoms with Gasteiger partial charge in [0, 0.05) is 24.2 Å². The summed E-state index contributed by atoms with van der Waals surface area (Å²) in [6.07, 6.45) is 2.17. The Morgan fingerprint density at radius 3 is 2.75 bits per heavy atom. The first kappa shape index (κ1) is 13.7. The van der Waals surface area contributed by atoms with Gasteiger partial charge in [0.15, 0.2) is 0 Å². The van der Waals surface area contributed by atoms with Gasteiger partial charge in [0.2, 0.25) is 0 Å². The molecule has 1 N–H and O–H groups in total. The van der Waals surface area contributed by atoms with Crippen molar-refractivity contribution < 1.29 is 4.74 Å². The van der Waals surface area contributed by atoms with Crippen molar-refractivity contribution in [2.75, 3.05) is 20.8 Å². The monoisotopic (exact) mass is 285 g/mol. The second-order valence-corrected chi connectivity index (χ2v) is 4.84. The molecular weight excluding hydrogens is 266 g/mol. The van der Waals surface area contributed by atoms with E-state index in [1.807, 2.05) is 7.05 Å². The van der Waals surface area contributed by atoms with E-state index in [1.165, 1.54) is 15.6 Å². The van der Waals surface area contributed by atoms with Crippen LogP contribution in [0.15, 0.2) is 22.7 Å². The summed E-state index contributed by atoms with van der Waals surface area (Å²) < 4.78 is 6.26. The lowest BCUT2D eigenvalue weighted by atomic mass is 10.0. The van der Waals surface area contributed by atoms with E-state index in [9.17, 15) is 0 Å². The van der Waals surface area contributed by atoms with E-state index in [0.717, 1.165) is 19.4 Å². The molecule has 90 valence electrons. The quantitative estimate of drug-likeness (QED) is 0.809. The molecule has 2 nitrogen and oxygen atoms in total. The van der Waals surface area contributed by atoms with Gasteiger partial charge in [0.1, 0.15) is 0 Å². The lowest BCUT2D eigenvalue weighted by Crippen LogP contribution is -2.17. The molecule has 1 atom stereocenters. The normalized spacial score (nSPS) is 12.8. The van der Waals surface area contributed by atoms with Crippen molar-refractivity contribution in [1.82, 2.24) is 5.32 Å².